The number of thioether (sulfide) groups is 1. The number of halogens is 1. The molecule has 0 aromatic heterocycles. The van der Waals surface area contributed by atoms with Crippen LogP contribution >= 0.6 is 11.8 Å². The maximum absolute atomic E-state index is 14.1. The van der Waals surface area contributed by atoms with Crippen molar-refractivity contribution >= 4 is 35.1 Å². The van der Waals surface area contributed by atoms with E-state index in [1.54, 1.807) is 66.5 Å². The normalized spacial score (nSPS) is 18.7. The Kier molecular flexibility index (Phi) is 6.02. The zero-order valence-corrected chi connectivity index (χ0v) is 20.1. The number of hydrogen-bond acceptors (Lipinski definition) is 5. The van der Waals surface area contributed by atoms with Crippen molar-refractivity contribution in [1.82, 2.24) is 4.90 Å². The summed E-state index contributed by atoms with van der Waals surface area (Å²) in [5, 5.41) is 2.90. The molecule has 2 heterocycles. The van der Waals surface area contributed by atoms with E-state index in [9.17, 15) is 14.0 Å². The van der Waals surface area contributed by atoms with Gasteiger partial charge in [0.1, 0.15) is 17.3 Å². The second kappa shape index (κ2) is 9.14. The van der Waals surface area contributed by atoms with E-state index in [0.717, 1.165) is 0 Å². The Balaban J connectivity index is 1.52. The van der Waals surface area contributed by atoms with Gasteiger partial charge in [0.05, 0.1) is 26.5 Å². The monoisotopic (exact) mass is 493 g/mol. The Morgan fingerprint density at radius 2 is 1.80 bits per heavy atom. The average Bonchev–Trinajstić information content (AvgIpc) is 3.41. The SMILES string of the molecule is COc1ccc(NC(=O)N2CCS[C@@]23C(=O)N(Cc2cccc(F)c2)c2ccc(OC)cc23)cc1. The Bertz CT molecular complexity index is 1290. The zero-order chi connectivity index (χ0) is 24.6. The van der Waals surface area contributed by atoms with Crippen molar-refractivity contribution in [1.29, 1.82) is 0 Å². The molecule has 0 radical (unpaired) electrons. The van der Waals surface area contributed by atoms with Crippen molar-refractivity contribution in [3.63, 3.8) is 0 Å². The first kappa shape index (κ1) is 23.0. The highest BCUT2D eigenvalue weighted by atomic mass is 32.2. The molecule has 9 heteroatoms. The fourth-order valence-electron chi connectivity index (χ4n) is 4.56. The Labute approximate surface area is 206 Å². The minimum absolute atomic E-state index is 0.187. The van der Waals surface area contributed by atoms with Gasteiger partial charge in [0.2, 0.25) is 0 Å². The molecule has 0 unspecified atom stereocenters. The highest BCUT2D eigenvalue weighted by Gasteiger charge is 2.59. The lowest BCUT2D eigenvalue weighted by molar-refractivity contribution is -0.123. The van der Waals surface area contributed by atoms with E-state index in [1.165, 1.54) is 23.9 Å². The lowest BCUT2D eigenvalue weighted by atomic mass is 10.1. The molecule has 7 nitrogen and oxygen atoms in total. The maximum Gasteiger partial charge on any atom is 0.323 e. The van der Waals surface area contributed by atoms with E-state index in [4.69, 9.17) is 9.47 Å². The van der Waals surface area contributed by atoms with Crippen LogP contribution in [-0.2, 0) is 16.2 Å². The molecule has 3 aromatic rings. The van der Waals surface area contributed by atoms with Gasteiger partial charge in [0.25, 0.3) is 5.91 Å². The second-order valence-electron chi connectivity index (χ2n) is 8.21. The molecule has 2 aliphatic heterocycles. The first-order valence-electron chi connectivity index (χ1n) is 11.1. The molecule has 1 spiro atoms. The second-order valence-corrected chi connectivity index (χ2v) is 9.49. The fourth-order valence-corrected chi connectivity index (χ4v) is 6.01. The van der Waals surface area contributed by atoms with Crippen LogP contribution in [0, 0.1) is 5.82 Å². The summed E-state index contributed by atoms with van der Waals surface area (Å²) in [4.78, 5) is 29.5. The molecule has 35 heavy (non-hydrogen) atoms. The van der Waals surface area contributed by atoms with Crippen molar-refractivity contribution in [2.75, 3.05) is 36.7 Å². The number of anilines is 2. The van der Waals surface area contributed by atoms with Gasteiger partial charge in [-0.05, 0) is 60.2 Å². The van der Waals surface area contributed by atoms with Gasteiger partial charge in [-0.2, -0.15) is 0 Å². The van der Waals surface area contributed by atoms with Crippen molar-refractivity contribution in [2.24, 2.45) is 0 Å². The first-order valence-corrected chi connectivity index (χ1v) is 12.1. The zero-order valence-electron chi connectivity index (χ0n) is 19.3. The largest absolute Gasteiger partial charge is 0.497 e. The number of rotatable bonds is 5. The predicted octanol–water partition coefficient (Wildman–Crippen LogP) is 4.82. The lowest BCUT2D eigenvalue weighted by Crippen LogP contribution is -2.51. The van der Waals surface area contributed by atoms with Crippen LogP contribution in [0.2, 0.25) is 0 Å². The van der Waals surface area contributed by atoms with Gasteiger partial charge in [0, 0.05) is 23.5 Å². The molecule has 1 atom stereocenters. The van der Waals surface area contributed by atoms with Gasteiger partial charge < -0.3 is 19.7 Å². The molecule has 180 valence electrons. The van der Waals surface area contributed by atoms with Gasteiger partial charge in [-0.15, -0.1) is 11.8 Å². The number of hydrogen-bond donors (Lipinski definition) is 1. The smallest absolute Gasteiger partial charge is 0.323 e. The third kappa shape index (κ3) is 3.95. The number of nitrogens with zero attached hydrogens (tertiary/aromatic N) is 2. The number of benzene rings is 3. The minimum Gasteiger partial charge on any atom is -0.497 e. The van der Waals surface area contributed by atoms with Gasteiger partial charge in [-0.25, -0.2) is 9.18 Å². The van der Waals surface area contributed by atoms with Crippen LogP contribution in [0.1, 0.15) is 11.1 Å². The van der Waals surface area contributed by atoms with Crippen LogP contribution in [0.5, 0.6) is 11.5 Å². The van der Waals surface area contributed by atoms with Crippen LogP contribution < -0.4 is 19.7 Å². The first-order chi connectivity index (χ1) is 17.0. The summed E-state index contributed by atoms with van der Waals surface area (Å²) in [6.45, 7) is 0.578. The standard InChI is InChI=1S/C26H24FN3O4S/c1-33-20-8-6-19(7-9-20)28-25(32)30-12-13-35-26(30)22-15-21(34-2)10-11-23(22)29(24(26)31)16-17-4-3-5-18(27)14-17/h3-11,14-15H,12-13,16H2,1-2H3,(H,28,32)/t26-/m0/s1. The quantitative estimate of drug-likeness (QED) is 0.552. The van der Waals surface area contributed by atoms with Crippen molar-refractivity contribution < 1.29 is 23.5 Å². The molecular weight excluding hydrogens is 469 g/mol. The van der Waals surface area contributed by atoms with E-state index >= 15 is 0 Å². The number of fused-ring (bicyclic) bond motifs is 2. The summed E-state index contributed by atoms with van der Waals surface area (Å²) < 4.78 is 24.5. The van der Waals surface area contributed by atoms with Crippen molar-refractivity contribution in [2.45, 2.75) is 11.4 Å². The molecule has 3 amide bonds. The summed E-state index contributed by atoms with van der Waals surface area (Å²) in [6.07, 6.45) is 0. The number of carbonyl (C=O) groups excluding carboxylic acids is 2. The molecular formula is C26H24FN3O4S. The number of nitrogens with one attached hydrogen (secondary N) is 1. The van der Waals surface area contributed by atoms with E-state index in [-0.39, 0.29) is 24.3 Å². The van der Waals surface area contributed by atoms with E-state index in [0.29, 0.717) is 46.3 Å². The molecule has 3 aromatic carbocycles. The summed E-state index contributed by atoms with van der Waals surface area (Å²) in [5.74, 6) is 1.25. The number of amides is 3. The van der Waals surface area contributed by atoms with E-state index in [2.05, 4.69) is 5.32 Å². The number of methoxy groups -OCH3 is 2. The highest BCUT2D eigenvalue weighted by molar-refractivity contribution is 8.01. The number of ether oxygens (including phenoxy) is 2. The van der Waals surface area contributed by atoms with E-state index < -0.39 is 4.87 Å². The lowest BCUT2D eigenvalue weighted by Gasteiger charge is -2.33. The summed E-state index contributed by atoms with van der Waals surface area (Å²) in [6, 6.07) is 18.2. The van der Waals surface area contributed by atoms with Crippen LogP contribution in [0.15, 0.2) is 66.7 Å². The maximum atomic E-state index is 14.1. The summed E-state index contributed by atoms with van der Waals surface area (Å²) in [5.41, 5.74) is 2.62. The Morgan fingerprint density at radius 1 is 1.06 bits per heavy atom. The molecule has 0 aliphatic carbocycles. The van der Waals surface area contributed by atoms with Crippen LogP contribution in [0.3, 0.4) is 0 Å². The van der Waals surface area contributed by atoms with Gasteiger partial charge in [-0.3, -0.25) is 9.69 Å². The number of urea groups is 1. The average molecular weight is 494 g/mol. The predicted molar refractivity (Wildman–Crippen MR) is 133 cm³/mol. The fraction of sp³-hybridized carbons (Fsp3) is 0.231. The van der Waals surface area contributed by atoms with Crippen LogP contribution in [0.25, 0.3) is 0 Å². The Hall–Kier alpha value is -3.72. The highest BCUT2D eigenvalue weighted by Crippen LogP contribution is 2.55. The molecule has 1 saturated heterocycles. The molecule has 0 saturated carbocycles. The van der Waals surface area contributed by atoms with Gasteiger partial charge >= 0.3 is 6.03 Å². The van der Waals surface area contributed by atoms with Crippen molar-refractivity contribution in [3.8, 4) is 11.5 Å². The van der Waals surface area contributed by atoms with Gasteiger partial charge in [0.15, 0.2) is 4.87 Å². The third-order valence-corrected chi connectivity index (χ3v) is 7.64. The minimum atomic E-state index is -1.24. The van der Waals surface area contributed by atoms with Gasteiger partial charge in [-0.1, -0.05) is 12.1 Å². The Morgan fingerprint density at radius 3 is 2.51 bits per heavy atom. The molecule has 2 aliphatic rings. The van der Waals surface area contributed by atoms with Crippen LogP contribution in [-0.4, -0.2) is 43.4 Å². The summed E-state index contributed by atoms with van der Waals surface area (Å²) in [7, 11) is 3.14. The topological polar surface area (TPSA) is 71.1 Å². The third-order valence-electron chi connectivity index (χ3n) is 6.22. The summed E-state index contributed by atoms with van der Waals surface area (Å²) >= 11 is 1.42. The molecule has 1 N–H and O–H groups in total. The molecule has 1 fully saturated rings. The molecule has 5 rings (SSSR count). The van der Waals surface area contributed by atoms with Crippen LogP contribution in [0.4, 0.5) is 20.6 Å². The molecule has 0 bridgehead atoms. The van der Waals surface area contributed by atoms with E-state index in [1.807, 2.05) is 12.1 Å². The van der Waals surface area contributed by atoms with Crippen molar-refractivity contribution in [3.05, 3.63) is 83.7 Å². The number of carbonyl (C=O) groups is 2.